The molecule has 0 aliphatic rings. The second-order valence-corrected chi connectivity index (χ2v) is 5.26. The summed E-state index contributed by atoms with van der Waals surface area (Å²) >= 11 is 1.52. The third-order valence-corrected chi connectivity index (χ3v) is 3.44. The van der Waals surface area contributed by atoms with E-state index in [0.717, 1.165) is 23.7 Å². The molecule has 0 aliphatic heterocycles. The van der Waals surface area contributed by atoms with Crippen molar-refractivity contribution < 1.29 is 5.11 Å². The van der Waals surface area contributed by atoms with Crippen molar-refractivity contribution in [1.82, 2.24) is 9.97 Å². The molecule has 0 spiro atoms. The van der Waals surface area contributed by atoms with Crippen molar-refractivity contribution in [1.29, 1.82) is 0 Å². The Kier molecular flexibility index (Phi) is 5.02. The number of aliphatic hydroxyl groups is 1. The zero-order valence-electron chi connectivity index (χ0n) is 9.97. The molecule has 0 amide bonds. The van der Waals surface area contributed by atoms with Gasteiger partial charge < -0.3 is 10.8 Å². The zero-order chi connectivity index (χ0) is 12.1. The number of aliphatic hydroxyl groups excluding tert-OH is 1. The molecule has 2 atom stereocenters. The number of anilines is 1. The van der Waals surface area contributed by atoms with E-state index in [9.17, 15) is 5.11 Å². The molecule has 90 valence electrons. The van der Waals surface area contributed by atoms with Gasteiger partial charge in [0.1, 0.15) is 16.7 Å². The van der Waals surface area contributed by atoms with Gasteiger partial charge in [0.25, 0.3) is 0 Å². The summed E-state index contributed by atoms with van der Waals surface area (Å²) < 4.78 is 0. The Morgan fingerprint density at radius 2 is 2.12 bits per heavy atom. The van der Waals surface area contributed by atoms with Crippen molar-refractivity contribution in [3.05, 3.63) is 11.9 Å². The van der Waals surface area contributed by atoms with Crippen LogP contribution in [0.5, 0.6) is 0 Å². The van der Waals surface area contributed by atoms with Crippen molar-refractivity contribution in [2.24, 2.45) is 0 Å². The Balaban J connectivity index is 2.79. The summed E-state index contributed by atoms with van der Waals surface area (Å²) in [6.45, 7) is 5.82. The summed E-state index contributed by atoms with van der Waals surface area (Å²) in [6.07, 6.45) is 1.47. The number of nitrogen functional groups attached to an aromatic ring is 1. The number of nitrogens with zero attached hydrogens (tertiary/aromatic N) is 2. The Labute approximate surface area is 101 Å². The quantitative estimate of drug-likeness (QED) is 0.608. The standard InChI is InChI=1S/C11H19N3OS/c1-4-5-10-13-9(12)6-11(14-10)16-8(3)7(2)15/h6-8,15H,4-5H2,1-3H3,(H2,12,13,14). The first kappa shape index (κ1) is 13.3. The fourth-order valence-corrected chi connectivity index (χ4v) is 2.10. The topological polar surface area (TPSA) is 72.0 Å². The van der Waals surface area contributed by atoms with Gasteiger partial charge in [-0.15, -0.1) is 11.8 Å². The molecule has 3 N–H and O–H groups in total. The number of hydrogen-bond acceptors (Lipinski definition) is 5. The second kappa shape index (κ2) is 6.06. The molecule has 2 unspecified atom stereocenters. The normalized spacial score (nSPS) is 14.8. The van der Waals surface area contributed by atoms with Crippen LogP contribution in [-0.2, 0) is 6.42 Å². The predicted octanol–water partition coefficient (Wildman–Crippen LogP) is 1.87. The Morgan fingerprint density at radius 3 is 2.69 bits per heavy atom. The molecule has 16 heavy (non-hydrogen) atoms. The van der Waals surface area contributed by atoms with Crippen molar-refractivity contribution in [2.45, 2.75) is 50.0 Å². The lowest BCUT2D eigenvalue weighted by Crippen LogP contribution is -2.15. The van der Waals surface area contributed by atoms with Gasteiger partial charge >= 0.3 is 0 Å². The first-order chi connectivity index (χ1) is 7.52. The van der Waals surface area contributed by atoms with Crippen LogP contribution < -0.4 is 5.73 Å². The van der Waals surface area contributed by atoms with Crippen LogP contribution in [0, 0.1) is 0 Å². The molecular formula is C11H19N3OS. The maximum absolute atomic E-state index is 9.43. The minimum absolute atomic E-state index is 0.101. The van der Waals surface area contributed by atoms with E-state index in [0.29, 0.717) is 5.82 Å². The van der Waals surface area contributed by atoms with Crippen molar-refractivity contribution in [2.75, 3.05) is 5.73 Å². The monoisotopic (exact) mass is 241 g/mol. The highest BCUT2D eigenvalue weighted by molar-refractivity contribution is 7.99. The molecule has 1 rings (SSSR count). The van der Waals surface area contributed by atoms with Crippen LogP contribution in [0.25, 0.3) is 0 Å². The van der Waals surface area contributed by atoms with E-state index in [1.54, 1.807) is 13.0 Å². The van der Waals surface area contributed by atoms with E-state index in [2.05, 4.69) is 16.9 Å². The molecule has 0 radical (unpaired) electrons. The highest BCUT2D eigenvalue weighted by Gasteiger charge is 2.12. The second-order valence-electron chi connectivity index (χ2n) is 3.86. The predicted molar refractivity (Wildman–Crippen MR) is 67.4 cm³/mol. The van der Waals surface area contributed by atoms with Crippen molar-refractivity contribution in [3.8, 4) is 0 Å². The summed E-state index contributed by atoms with van der Waals surface area (Å²) in [4.78, 5) is 8.57. The van der Waals surface area contributed by atoms with Gasteiger partial charge in [0.15, 0.2) is 0 Å². The smallest absolute Gasteiger partial charge is 0.132 e. The number of nitrogens with two attached hydrogens (primary N) is 1. The maximum Gasteiger partial charge on any atom is 0.132 e. The van der Waals surface area contributed by atoms with Crippen LogP contribution in [-0.4, -0.2) is 26.4 Å². The third kappa shape index (κ3) is 3.98. The van der Waals surface area contributed by atoms with Gasteiger partial charge in [-0.2, -0.15) is 0 Å². The summed E-state index contributed by atoms with van der Waals surface area (Å²) in [7, 11) is 0. The van der Waals surface area contributed by atoms with E-state index < -0.39 is 0 Å². The SMILES string of the molecule is CCCc1nc(N)cc(SC(C)C(C)O)n1. The Bertz CT molecular complexity index is 344. The van der Waals surface area contributed by atoms with Gasteiger partial charge in [-0.1, -0.05) is 13.8 Å². The van der Waals surface area contributed by atoms with Gasteiger partial charge in [0.2, 0.25) is 0 Å². The molecule has 0 aliphatic carbocycles. The average Bonchev–Trinajstić information content (AvgIpc) is 2.16. The lowest BCUT2D eigenvalue weighted by atomic mass is 10.3. The average molecular weight is 241 g/mol. The number of aryl methyl sites for hydroxylation is 1. The van der Waals surface area contributed by atoms with Crippen LogP contribution in [0.2, 0.25) is 0 Å². The van der Waals surface area contributed by atoms with Crippen LogP contribution in [0.4, 0.5) is 5.82 Å². The van der Waals surface area contributed by atoms with Gasteiger partial charge in [-0.25, -0.2) is 9.97 Å². The number of rotatable bonds is 5. The van der Waals surface area contributed by atoms with E-state index in [1.165, 1.54) is 11.8 Å². The molecule has 0 aromatic carbocycles. The highest BCUT2D eigenvalue weighted by atomic mass is 32.2. The van der Waals surface area contributed by atoms with E-state index in [4.69, 9.17) is 5.73 Å². The van der Waals surface area contributed by atoms with Gasteiger partial charge in [-0.05, 0) is 13.3 Å². The summed E-state index contributed by atoms with van der Waals surface area (Å²) in [5, 5.41) is 10.4. The first-order valence-corrected chi connectivity index (χ1v) is 6.39. The number of hydrogen-bond donors (Lipinski definition) is 2. The molecule has 0 saturated heterocycles. The highest BCUT2D eigenvalue weighted by Crippen LogP contribution is 2.24. The molecular weight excluding hydrogens is 222 g/mol. The first-order valence-electron chi connectivity index (χ1n) is 5.51. The van der Waals surface area contributed by atoms with Crippen molar-refractivity contribution in [3.63, 3.8) is 0 Å². The fourth-order valence-electron chi connectivity index (χ4n) is 1.18. The molecule has 1 aromatic heterocycles. The van der Waals surface area contributed by atoms with Crippen LogP contribution >= 0.6 is 11.8 Å². The fraction of sp³-hybridized carbons (Fsp3) is 0.636. The van der Waals surface area contributed by atoms with Gasteiger partial charge in [0.05, 0.1) is 6.10 Å². The number of thioether (sulfide) groups is 1. The van der Waals surface area contributed by atoms with E-state index >= 15 is 0 Å². The van der Waals surface area contributed by atoms with E-state index in [1.807, 2.05) is 6.92 Å². The summed E-state index contributed by atoms with van der Waals surface area (Å²) in [5.41, 5.74) is 5.71. The van der Waals surface area contributed by atoms with Gasteiger partial charge in [-0.3, -0.25) is 0 Å². The Morgan fingerprint density at radius 1 is 1.44 bits per heavy atom. The lowest BCUT2D eigenvalue weighted by molar-refractivity contribution is 0.196. The van der Waals surface area contributed by atoms with Crippen LogP contribution in [0.15, 0.2) is 11.1 Å². The zero-order valence-corrected chi connectivity index (χ0v) is 10.8. The van der Waals surface area contributed by atoms with Crippen LogP contribution in [0.1, 0.15) is 33.0 Å². The van der Waals surface area contributed by atoms with Crippen molar-refractivity contribution >= 4 is 17.6 Å². The molecule has 0 saturated carbocycles. The minimum atomic E-state index is -0.365. The Hall–Kier alpha value is -0.810. The number of aromatic nitrogens is 2. The third-order valence-electron chi connectivity index (χ3n) is 2.23. The van der Waals surface area contributed by atoms with Crippen LogP contribution in [0.3, 0.4) is 0 Å². The summed E-state index contributed by atoms with van der Waals surface area (Å²) in [6, 6.07) is 1.75. The lowest BCUT2D eigenvalue weighted by Gasteiger charge is -2.13. The van der Waals surface area contributed by atoms with Gasteiger partial charge in [0, 0.05) is 17.7 Å². The largest absolute Gasteiger partial charge is 0.392 e. The molecule has 0 fully saturated rings. The molecule has 4 nitrogen and oxygen atoms in total. The maximum atomic E-state index is 9.43. The molecule has 1 aromatic rings. The van der Waals surface area contributed by atoms with E-state index in [-0.39, 0.29) is 11.4 Å². The summed E-state index contributed by atoms with van der Waals surface area (Å²) in [5.74, 6) is 1.28. The molecule has 0 bridgehead atoms. The molecule has 1 heterocycles. The molecule has 5 heteroatoms. The minimum Gasteiger partial charge on any atom is -0.392 e.